The predicted molar refractivity (Wildman–Crippen MR) is 103 cm³/mol. The SMILES string of the molecule is COC(=O)C(C)OC(=O)CCC(=O)N1CCN(S(=O)(=O)c2ccc(C)cc2)CC1. The molecule has 0 aromatic heterocycles. The molecule has 1 saturated heterocycles. The topological polar surface area (TPSA) is 110 Å². The van der Waals surface area contributed by atoms with Gasteiger partial charge < -0.3 is 14.4 Å². The summed E-state index contributed by atoms with van der Waals surface area (Å²) in [6, 6.07) is 6.63. The second-order valence-corrected chi connectivity index (χ2v) is 8.69. The van der Waals surface area contributed by atoms with E-state index in [9.17, 15) is 22.8 Å². The number of ether oxygens (including phenoxy) is 2. The van der Waals surface area contributed by atoms with Crippen LogP contribution in [0.4, 0.5) is 0 Å². The van der Waals surface area contributed by atoms with Gasteiger partial charge in [-0.15, -0.1) is 0 Å². The molecule has 0 radical (unpaired) electrons. The lowest BCUT2D eigenvalue weighted by Gasteiger charge is -2.34. The van der Waals surface area contributed by atoms with E-state index in [1.165, 1.54) is 23.2 Å². The molecule has 1 atom stereocenters. The number of sulfonamides is 1. The zero-order chi connectivity index (χ0) is 21.6. The van der Waals surface area contributed by atoms with Crippen LogP contribution in [0.5, 0.6) is 0 Å². The van der Waals surface area contributed by atoms with Gasteiger partial charge in [-0.2, -0.15) is 4.31 Å². The van der Waals surface area contributed by atoms with Crippen molar-refractivity contribution in [3.05, 3.63) is 29.8 Å². The first-order valence-electron chi connectivity index (χ1n) is 9.27. The summed E-state index contributed by atoms with van der Waals surface area (Å²) in [5.41, 5.74) is 0.971. The van der Waals surface area contributed by atoms with Crippen molar-refractivity contribution in [2.24, 2.45) is 0 Å². The summed E-state index contributed by atoms with van der Waals surface area (Å²) in [7, 11) is -2.41. The lowest BCUT2D eigenvalue weighted by Crippen LogP contribution is -2.50. The van der Waals surface area contributed by atoms with Crippen LogP contribution in [-0.4, -0.2) is 74.9 Å². The van der Waals surface area contributed by atoms with Gasteiger partial charge >= 0.3 is 11.9 Å². The summed E-state index contributed by atoms with van der Waals surface area (Å²) in [5.74, 6) is -1.60. The van der Waals surface area contributed by atoms with Crippen molar-refractivity contribution in [1.82, 2.24) is 9.21 Å². The van der Waals surface area contributed by atoms with Crippen molar-refractivity contribution >= 4 is 27.9 Å². The third-order valence-electron chi connectivity index (χ3n) is 4.63. The summed E-state index contributed by atoms with van der Waals surface area (Å²) >= 11 is 0. The molecule has 2 rings (SSSR count). The van der Waals surface area contributed by atoms with Crippen LogP contribution in [0.25, 0.3) is 0 Å². The van der Waals surface area contributed by atoms with Crippen molar-refractivity contribution < 1.29 is 32.3 Å². The maximum absolute atomic E-state index is 12.7. The van der Waals surface area contributed by atoms with Crippen molar-refractivity contribution in [2.75, 3.05) is 33.3 Å². The first-order valence-corrected chi connectivity index (χ1v) is 10.7. The van der Waals surface area contributed by atoms with Gasteiger partial charge in [0.15, 0.2) is 6.10 Å². The number of hydrogen-bond donors (Lipinski definition) is 0. The second kappa shape index (κ2) is 9.84. The molecule has 10 heteroatoms. The fourth-order valence-corrected chi connectivity index (χ4v) is 4.30. The van der Waals surface area contributed by atoms with Crippen LogP contribution in [-0.2, 0) is 33.9 Å². The third-order valence-corrected chi connectivity index (χ3v) is 6.55. The number of aryl methyl sites for hydroxylation is 1. The van der Waals surface area contributed by atoms with Gasteiger partial charge in [0.1, 0.15) is 0 Å². The number of esters is 2. The molecule has 1 aromatic carbocycles. The largest absolute Gasteiger partial charge is 0.466 e. The van der Waals surface area contributed by atoms with E-state index in [1.54, 1.807) is 24.3 Å². The molecule has 1 aliphatic rings. The third kappa shape index (κ3) is 6.01. The van der Waals surface area contributed by atoms with Crippen molar-refractivity contribution in [1.29, 1.82) is 0 Å². The Morgan fingerprint density at radius 1 is 1.03 bits per heavy atom. The highest BCUT2D eigenvalue weighted by Crippen LogP contribution is 2.18. The quantitative estimate of drug-likeness (QED) is 0.591. The minimum atomic E-state index is -3.60. The molecular formula is C19H26N2O7S. The standard InChI is InChI=1S/C19H26N2O7S/c1-14-4-6-16(7-5-14)29(25,26)21-12-10-20(11-13-21)17(22)8-9-18(23)28-15(2)19(24)27-3/h4-7,15H,8-13H2,1-3H3. The minimum Gasteiger partial charge on any atom is -0.466 e. The van der Waals surface area contributed by atoms with Crippen LogP contribution in [0.1, 0.15) is 25.3 Å². The summed E-state index contributed by atoms with van der Waals surface area (Å²) in [4.78, 5) is 37.0. The lowest BCUT2D eigenvalue weighted by atomic mass is 10.2. The molecule has 1 heterocycles. The monoisotopic (exact) mass is 426 g/mol. The highest BCUT2D eigenvalue weighted by atomic mass is 32.2. The second-order valence-electron chi connectivity index (χ2n) is 6.75. The average molecular weight is 426 g/mol. The van der Waals surface area contributed by atoms with E-state index in [0.717, 1.165) is 5.56 Å². The number of benzene rings is 1. The fraction of sp³-hybridized carbons (Fsp3) is 0.526. The van der Waals surface area contributed by atoms with E-state index in [0.29, 0.717) is 0 Å². The number of carbonyl (C=O) groups excluding carboxylic acids is 3. The molecule has 0 bridgehead atoms. The van der Waals surface area contributed by atoms with Crippen molar-refractivity contribution in [3.8, 4) is 0 Å². The lowest BCUT2D eigenvalue weighted by molar-refractivity contribution is -0.165. The number of hydrogen-bond acceptors (Lipinski definition) is 7. The maximum Gasteiger partial charge on any atom is 0.346 e. The van der Waals surface area contributed by atoms with E-state index >= 15 is 0 Å². The number of nitrogens with zero attached hydrogens (tertiary/aromatic N) is 2. The van der Waals surface area contributed by atoms with E-state index in [1.807, 2.05) is 6.92 Å². The summed E-state index contributed by atoms with van der Waals surface area (Å²) in [5, 5.41) is 0. The number of methoxy groups -OCH3 is 1. The molecule has 1 unspecified atom stereocenters. The number of carbonyl (C=O) groups is 3. The highest BCUT2D eigenvalue weighted by Gasteiger charge is 2.30. The first kappa shape index (κ1) is 22.8. The first-order chi connectivity index (χ1) is 13.6. The summed E-state index contributed by atoms with van der Waals surface area (Å²) < 4.78 is 36.1. The van der Waals surface area contributed by atoms with Crippen LogP contribution in [0.2, 0.25) is 0 Å². The van der Waals surface area contributed by atoms with Crippen LogP contribution < -0.4 is 0 Å². The Kier molecular flexibility index (Phi) is 7.74. The minimum absolute atomic E-state index is 0.0720. The van der Waals surface area contributed by atoms with E-state index < -0.39 is 28.1 Å². The van der Waals surface area contributed by atoms with E-state index in [2.05, 4.69) is 4.74 Å². The molecule has 0 spiro atoms. The predicted octanol–water partition coefficient (Wildman–Crippen LogP) is 0.713. The van der Waals surface area contributed by atoms with Gasteiger partial charge in [-0.05, 0) is 26.0 Å². The Balaban J connectivity index is 1.82. The van der Waals surface area contributed by atoms with Crippen molar-refractivity contribution in [3.63, 3.8) is 0 Å². The number of amides is 1. The molecule has 1 aromatic rings. The Morgan fingerprint density at radius 3 is 2.17 bits per heavy atom. The molecule has 1 fully saturated rings. The van der Waals surface area contributed by atoms with E-state index in [-0.39, 0.29) is 49.8 Å². The molecule has 0 aliphatic carbocycles. The average Bonchev–Trinajstić information content (AvgIpc) is 2.71. The molecule has 0 saturated carbocycles. The Hall–Kier alpha value is -2.46. The van der Waals surface area contributed by atoms with Crippen LogP contribution in [0, 0.1) is 6.92 Å². The molecular weight excluding hydrogens is 400 g/mol. The zero-order valence-electron chi connectivity index (χ0n) is 16.8. The van der Waals surface area contributed by atoms with Gasteiger partial charge in [-0.25, -0.2) is 13.2 Å². The van der Waals surface area contributed by atoms with Crippen LogP contribution >= 0.6 is 0 Å². The summed E-state index contributed by atoms with van der Waals surface area (Å²) in [6.45, 7) is 4.14. The van der Waals surface area contributed by atoms with Gasteiger partial charge in [0.2, 0.25) is 15.9 Å². The highest BCUT2D eigenvalue weighted by molar-refractivity contribution is 7.89. The number of piperazine rings is 1. The molecule has 1 aliphatic heterocycles. The smallest absolute Gasteiger partial charge is 0.346 e. The normalized spacial score (nSPS) is 16.2. The zero-order valence-corrected chi connectivity index (χ0v) is 17.6. The van der Waals surface area contributed by atoms with Gasteiger partial charge in [0, 0.05) is 32.6 Å². The molecule has 160 valence electrons. The van der Waals surface area contributed by atoms with Gasteiger partial charge in [-0.3, -0.25) is 9.59 Å². The molecule has 29 heavy (non-hydrogen) atoms. The summed E-state index contributed by atoms with van der Waals surface area (Å²) in [6.07, 6.45) is -1.27. The van der Waals surface area contributed by atoms with Gasteiger partial charge in [0.05, 0.1) is 18.4 Å². The molecule has 9 nitrogen and oxygen atoms in total. The van der Waals surface area contributed by atoms with Gasteiger partial charge in [0.25, 0.3) is 0 Å². The number of rotatable bonds is 7. The van der Waals surface area contributed by atoms with E-state index in [4.69, 9.17) is 4.74 Å². The van der Waals surface area contributed by atoms with Crippen LogP contribution in [0.15, 0.2) is 29.2 Å². The maximum atomic E-state index is 12.7. The van der Waals surface area contributed by atoms with Gasteiger partial charge in [-0.1, -0.05) is 17.7 Å². The molecule has 1 amide bonds. The Labute approximate surface area is 170 Å². The Bertz CT molecular complexity index is 844. The van der Waals surface area contributed by atoms with Crippen LogP contribution in [0.3, 0.4) is 0 Å². The Morgan fingerprint density at radius 2 is 1.62 bits per heavy atom. The molecule has 0 N–H and O–H groups in total. The fourth-order valence-electron chi connectivity index (χ4n) is 2.87. The van der Waals surface area contributed by atoms with Crippen molar-refractivity contribution in [2.45, 2.75) is 37.7 Å².